The van der Waals surface area contributed by atoms with E-state index in [0.717, 1.165) is 22.7 Å². The lowest BCUT2D eigenvalue weighted by Crippen LogP contribution is -2.09. The number of rotatable bonds is 7. The maximum absolute atomic E-state index is 2.44. The van der Waals surface area contributed by atoms with Gasteiger partial charge in [0.25, 0.3) is 0 Å². The molecule has 12 aromatic carbocycles. The van der Waals surface area contributed by atoms with Gasteiger partial charge in [-0.05, 0) is 132 Å². The van der Waals surface area contributed by atoms with E-state index in [4.69, 9.17) is 0 Å². The number of hydrogen-bond donors (Lipinski definition) is 0. The van der Waals surface area contributed by atoms with Crippen molar-refractivity contribution in [1.82, 2.24) is 4.57 Å². The molecule has 1 heterocycles. The quantitative estimate of drug-likeness (QED) is 0.145. The summed E-state index contributed by atoms with van der Waals surface area (Å²) in [5.41, 5.74) is 14.1. The third-order valence-electron chi connectivity index (χ3n) is 13.5. The normalized spacial score (nSPS) is 11.6. The van der Waals surface area contributed by atoms with E-state index in [1.807, 2.05) is 0 Å². The van der Waals surface area contributed by atoms with Crippen molar-refractivity contribution in [2.24, 2.45) is 0 Å². The molecule has 2 heteroatoms. The van der Waals surface area contributed by atoms with Gasteiger partial charge >= 0.3 is 0 Å². The predicted octanol–water partition coefficient (Wildman–Crippen LogP) is 17.9. The van der Waals surface area contributed by atoms with E-state index in [2.05, 4.69) is 264 Å². The van der Waals surface area contributed by atoms with Crippen molar-refractivity contribution in [3.05, 3.63) is 255 Å². The van der Waals surface area contributed by atoms with Crippen molar-refractivity contribution >= 4 is 82.0 Å². The minimum Gasteiger partial charge on any atom is -0.310 e. The largest absolute Gasteiger partial charge is 0.310 e. The summed E-state index contributed by atoms with van der Waals surface area (Å²) < 4.78 is 2.44. The zero-order valence-corrected chi connectivity index (χ0v) is 36.1. The zero-order chi connectivity index (χ0) is 43.6. The van der Waals surface area contributed by atoms with Crippen molar-refractivity contribution < 1.29 is 0 Å². The van der Waals surface area contributed by atoms with E-state index >= 15 is 0 Å². The van der Waals surface area contributed by atoms with Crippen LogP contribution in [0.5, 0.6) is 0 Å². The molecule has 0 bridgehead atoms. The van der Waals surface area contributed by atoms with Crippen LogP contribution in [-0.2, 0) is 0 Å². The molecule has 0 N–H and O–H groups in total. The Kier molecular flexibility index (Phi) is 8.89. The van der Waals surface area contributed by atoms with Crippen molar-refractivity contribution in [1.29, 1.82) is 0 Å². The van der Waals surface area contributed by atoms with Crippen LogP contribution in [-0.4, -0.2) is 4.57 Å². The number of para-hydroxylation sites is 1. The van der Waals surface area contributed by atoms with Gasteiger partial charge in [-0.2, -0.15) is 0 Å². The van der Waals surface area contributed by atoms with Gasteiger partial charge < -0.3 is 9.47 Å². The van der Waals surface area contributed by atoms with Crippen molar-refractivity contribution in [3.63, 3.8) is 0 Å². The number of aromatic nitrogens is 1. The standard InChI is InChI=1S/C64H42N2/c1-3-12-43(13-4-1)49-24-22-47-16-11-21-57(62(47)41-49)48-28-34-54(35-29-48)65(55-36-39-58-51(40-55)25-23-45-14-7-9-19-56(45)58)53-32-26-44(27-33-53)50-31-37-60-61-38-30-46-15-8-10-20-59(46)64(61)66(63(60)42-50)52-17-5-2-6-18-52/h1-42H. The molecule has 13 rings (SSSR count). The van der Waals surface area contributed by atoms with Crippen LogP contribution in [0, 0.1) is 0 Å². The Morgan fingerprint density at radius 2 is 0.758 bits per heavy atom. The first-order valence-electron chi connectivity index (χ1n) is 22.7. The second-order valence-electron chi connectivity index (χ2n) is 17.3. The highest BCUT2D eigenvalue weighted by Crippen LogP contribution is 2.42. The Morgan fingerprint density at radius 1 is 0.258 bits per heavy atom. The summed E-state index contributed by atoms with van der Waals surface area (Å²) in [6.07, 6.45) is 0. The average Bonchev–Trinajstić information content (AvgIpc) is 3.73. The molecule has 0 saturated carbocycles. The molecule has 0 atom stereocenters. The summed E-state index contributed by atoms with van der Waals surface area (Å²) in [4.78, 5) is 2.39. The van der Waals surface area contributed by atoms with Gasteiger partial charge in [0.1, 0.15) is 0 Å². The number of nitrogens with zero attached hydrogens (tertiary/aromatic N) is 2. The Balaban J connectivity index is 0.924. The van der Waals surface area contributed by atoms with Gasteiger partial charge in [0.15, 0.2) is 0 Å². The van der Waals surface area contributed by atoms with Crippen LogP contribution in [0.2, 0.25) is 0 Å². The minimum atomic E-state index is 1.09. The number of hydrogen-bond acceptors (Lipinski definition) is 1. The van der Waals surface area contributed by atoms with E-state index in [0.29, 0.717) is 0 Å². The molecule has 0 aliphatic rings. The molecule has 308 valence electrons. The van der Waals surface area contributed by atoms with Crippen LogP contribution in [0.1, 0.15) is 0 Å². The fourth-order valence-electron chi connectivity index (χ4n) is 10.3. The molecule has 0 aliphatic carbocycles. The monoisotopic (exact) mass is 838 g/mol. The summed E-state index contributed by atoms with van der Waals surface area (Å²) in [5, 5.41) is 12.5. The molecule has 1 aromatic heterocycles. The molecule has 0 fully saturated rings. The first-order valence-corrected chi connectivity index (χ1v) is 22.7. The second kappa shape index (κ2) is 15.5. The Hall–Kier alpha value is -8.72. The Bertz CT molecular complexity index is 3960. The van der Waals surface area contributed by atoms with Crippen molar-refractivity contribution in [3.8, 4) is 39.1 Å². The van der Waals surface area contributed by atoms with Crippen LogP contribution >= 0.6 is 0 Å². The summed E-state index contributed by atoms with van der Waals surface area (Å²) >= 11 is 0. The predicted molar refractivity (Wildman–Crippen MR) is 282 cm³/mol. The molecular weight excluding hydrogens is 797 g/mol. The summed E-state index contributed by atoms with van der Waals surface area (Å²) in [7, 11) is 0. The van der Waals surface area contributed by atoms with E-state index in [1.54, 1.807) is 0 Å². The molecule has 66 heavy (non-hydrogen) atoms. The first kappa shape index (κ1) is 37.8. The van der Waals surface area contributed by atoms with Gasteiger partial charge in [-0.15, -0.1) is 0 Å². The van der Waals surface area contributed by atoms with E-state index < -0.39 is 0 Å². The van der Waals surface area contributed by atoms with E-state index in [9.17, 15) is 0 Å². The molecule has 0 amide bonds. The lowest BCUT2D eigenvalue weighted by molar-refractivity contribution is 1.19. The van der Waals surface area contributed by atoms with Gasteiger partial charge in [0.2, 0.25) is 0 Å². The highest BCUT2D eigenvalue weighted by atomic mass is 15.1. The van der Waals surface area contributed by atoms with Gasteiger partial charge in [-0.3, -0.25) is 0 Å². The lowest BCUT2D eigenvalue weighted by Gasteiger charge is -2.26. The minimum absolute atomic E-state index is 1.09. The maximum atomic E-state index is 2.44. The zero-order valence-electron chi connectivity index (χ0n) is 36.1. The van der Waals surface area contributed by atoms with Gasteiger partial charge in [-0.25, -0.2) is 0 Å². The number of fused-ring (bicyclic) bond motifs is 9. The second-order valence-corrected chi connectivity index (χ2v) is 17.3. The first-order chi connectivity index (χ1) is 32.7. The van der Waals surface area contributed by atoms with Crippen LogP contribution in [0.4, 0.5) is 17.1 Å². The molecular formula is C64H42N2. The molecule has 0 radical (unpaired) electrons. The smallest absolute Gasteiger partial charge is 0.0619 e. The molecule has 0 spiro atoms. The van der Waals surface area contributed by atoms with Gasteiger partial charge in [-0.1, -0.05) is 194 Å². The fraction of sp³-hybridized carbons (Fsp3) is 0. The highest BCUT2D eigenvalue weighted by molar-refractivity contribution is 6.19. The number of benzene rings is 12. The van der Waals surface area contributed by atoms with Crippen molar-refractivity contribution in [2.75, 3.05) is 4.90 Å². The van der Waals surface area contributed by atoms with E-state index in [1.165, 1.54) is 98.3 Å². The van der Waals surface area contributed by atoms with Gasteiger partial charge in [0, 0.05) is 38.9 Å². The lowest BCUT2D eigenvalue weighted by atomic mass is 9.94. The van der Waals surface area contributed by atoms with Crippen molar-refractivity contribution in [2.45, 2.75) is 0 Å². The Labute approximate surface area is 383 Å². The third-order valence-corrected chi connectivity index (χ3v) is 13.5. The molecule has 13 aromatic rings. The third kappa shape index (κ3) is 6.34. The summed E-state index contributed by atoms with van der Waals surface area (Å²) in [6, 6.07) is 93.3. The average molecular weight is 839 g/mol. The van der Waals surface area contributed by atoms with Crippen LogP contribution in [0.15, 0.2) is 255 Å². The summed E-state index contributed by atoms with van der Waals surface area (Å²) in [5.74, 6) is 0. The van der Waals surface area contributed by atoms with Crippen LogP contribution in [0.25, 0.3) is 104 Å². The Morgan fingerprint density at radius 3 is 1.55 bits per heavy atom. The molecule has 0 saturated heterocycles. The summed E-state index contributed by atoms with van der Waals surface area (Å²) in [6.45, 7) is 0. The number of anilines is 3. The van der Waals surface area contributed by atoms with Crippen LogP contribution < -0.4 is 4.90 Å². The molecule has 0 aliphatic heterocycles. The van der Waals surface area contributed by atoms with Crippen LogP contribution in [0.3, 0.4) is 0 Å². The molecule has 2 nitrogen and oxygen atoms in total. The highest BCUT2D eigenvalue weighted by Gasteiger charge is 2.18. The molecule has 0 unspecified atom stereocenters. The SMILES string of the molecule is c1ccc(-c2ccc3cccc(-c4ccc(N(c5ccc(-c6ccc7c8ccc9ccccc9c8n(-c8ccccc8)c7c6)cc5)c5ccc6c(ccc7ccccc76)c5)cc4)c3c2)cc1. The fourth-order valence-corrected chi connectivity index (χ4v) is 10.3. The van der Waals surface area contributed by atoms with Gasteiger partial charge in [0.05, 0.1) is 11.0 Å². The maximum Gasteiger partial charge on any atom is 0.0619 e. The topological polar surface area (TPSA) is 8.17 Å². The van der Waals surface area contributed by atoms with E-state index in [-0.39, 0.29) is 0 Å².